The van der Waals surface area contributed by atoms with Gasteiger partial charge in [-0.25, -0.2) is 0 Å². The summed E-state index contributed by atoms with van der Waals surface area (Å²) in [5, 5.41) is 9.50. The number of halogens is 1. The standard InChI is InChI=1S/C14H26IO7P/c1-12(17)20-5-9-23(15,8-4-16,10-6-21-13(2)18)11-7-22-14(3)19/h16H,4-11H2,1-3H3. The molecular weight excluding hydrogens is 438 g/mol. The van der Waals surface area contributed by atoms with Crippen molar-refractivity contribution in [1.29, 1.82) is 0 Å². The third-order valence-corrected chi connectivity index (χ3v) is 14.5. The van der Waals surface area contributed by atoms with E-state index in [1.54, 1.807) is 0 Å². The van der Waals surface area contributed by atoms with Gasteiger partial charge in [0.2, 0.25) is 0 Å². The Balaban J connectivity index is 5.05. The number of aliphatic hydroxyl groups excluding tert-OH is 1. The van der Waals surface area contributed by atoms with Crippen LogP contribution in [0.2, 0.25) is 0 Å². The predicted octanol–water partition coefficient (Wildman–Crippen LogP) is 1.57. The summed E-state index contributed by atoms with van der Waals surface area (Å²) in [5.41, 5.74) is 0. The third kappa shape index (κ3) is 10.1. The molecule has 0 amide bonds. The molecule has 0 radical (unpaired) electrons. The van der Waals surface area contributed by atoms with Gasteiger partial charge in [0.25, 0.3) is 0 Å². The summed E-state index contributed by atoms with van der Waals surface area (Å²) < 4.78 is 12.6. The molecule has 0 aliphatic carbocycles. The summed E-state index contributed by atoms with van der Waals surface area (Å²) >= 11 is 2.34. The summed E-state index contributed by atoms with van der Waals surface area (Å²) in [5.74, 6) is -1.10. The molecule has 0 fully saturated rings. The Hall–Kier alpha value is -0.470. The van der Waals surface area contributed by atoms with Crippen LogP contribution in [0.15, 0.2) is 0 Å². The first-order chi connectivity index (χ1) is 10.6. The number of ether oxygens (including phenoxy) is 3. The molecule has 136 valence electrons. The number of hydrogen-bond acceptors (Lipinski definition) is 7. The van der Waals surface area contributed by atoms with Crippen molar-refractivity contribution in [3.63, 3.8) is 0 Å². The van der Waals surface area contributed by atoms with Crippen LogP contribution in [-0.2, 0) is 28.6 Å². The van der Waals surface area contributed by atoms with Crippen molar-refractivity contribution in [3.05, 3.63) is 0 Å². The quantitative estimate of drug-likeness (QED) is 0.215. The van der Waals surface area contributed by atoms with Crippen molar-refractivity contribution in [2.45, 2.75) is 20.8 Å². The van der Waals surface area contributed by atoms with Gasteiger partial charge in [0.1, 0.15) is 0 Å². The SMILES string of the molecule is CC(=O)OCCP(I)(CCO)(CCOC(C)=O)CCOC(C)=O. The number of hydrogen-bond donors (Lipinski definition) is 1. The first kappa shape index (κ1) is 22.5. The van der Waals surface area contributed by atoms with Crippen molar-refractivity contribution in [2.75, 3.05) is 51.1 Å². The van der Waals surface area contributed by atoms with Crippen molar-refractivity contribution >= 4 is 44.2 Å². The van der Waals surface area contributed by atoms with E-state index in [1.807, 2.05) is 0 Å². The third-order valence-electron chi connectivity index (χ3n) is 3.53. The molecule has 0 aromatic heterocycles. The number of carbonyl (C=O) groups is 3. The zero-order valence-electron chi connectivity index (χ0n) is 13.9. The average molecular weight is 464 g/mol. The van der Waals surface area contributed by atoms with E-state index < -0.39 is 4.25 Å². The molecule has 0 atom stereocenters. The van der Waals surface area contributed by atoms with Gasteiger partial charge in [0, 0.05) is 0 Å². The molecule has 0 bridgehead atoms. The molecule has 0 saturated heterocycles. The fourth-order valence-corrected chi connectivity index (χ4v) is 8.08. The molecule has 1 N–H and O–H groups in total. The molecular formula is C14H26IO7P. The molecule has 0 aromatic carbocycles. The van der Waals surface area contributed by atoms with E-state index in [1.165, 1.54) is 20.8 Å². The minimum absolute atomic E-state index is 0.0268. The van der Waals surface area contributed by atoms with Crippen LogP contribution in [-0.4, -0.2) is 74.1 Å². The summed E-state index contributed by atoms with van der Waals surface area (Å²) in [6.45, 7) is 4.69. The maximum atomic E-state index is 11.0. The van der Waals surface area contributed by atoms with Gasteiger partial charge in [0.05, 0.1) is 0 Å². The van der Waals surface area contributed by atoms with Crippen LogP contribution in [0.25, 0.3) is 0 Å². The van der Waals surface area contributed by atoms with Crippen molar-refractivity contribution in [3.8, 4) is 0 Å². The number of carbonyl (C=O) groups excluding carboxylic acids is 3. The Morgan fingerprint density at radius 3 is 1.30 bits per heavy atom. The molecule has 0 aliphatic rings. The van der Waals surface area contributed by atoms with Gasteiger partial charge in [0.15, 0.2) is 0 Å². The second-order valence-electron chi connectivity index (χ2n) is 5.46. The zero-order chi connectivity index (χ0) is 18.0. The van der Waals surface area contributed by atoms with Crippen LogP contribution in [0.1, 0.15) is 20.8 Å². The van der Waals surface area contributed by atoms with E-state index in [2.05, 4.69) is 22.0 Å². The molecule has 7 nitrogen and oxygen atoms in total. The van der Waals surface area contributed by atoms with Crippen molar-refractivity contribution < 1.29 is 33.7 Å². The molecule has 0 unspecified atom stereocenters. The molecule has 0 rings (SSSR count). The Morgan fingerprint density at radius 1 is 0.783 bits per heavy atom. The van der Waals surface area contributed by atoms with Crippen LogP contribution in [0.3, 0.4) is 0 Å². The van der Waals surface area contributed by atoms with E-state index in [-0.39, 0.29) is 44.3 Å². The molecule has 0 heterocycles. The van der Waals surface area contributed by atoms with E-state index in [4.69, 9.17) is 14.2 Å². The van der Waals surface area contributed by atoms with Gasteiger partial charge in [-0.05, 0) is 0 Å². The van der Waals surface area contributed by atoms with Crippen molar-refractivity contribution in [1.82, 2.24) is 0 Å². The molecule has 9 heteroatoms. The normalized spacial score (nSPS) is 12.8. The molecule has 0 spiro atoms. The number of aliphatic hydroxyl groups is 1. The Kier molecular flexibility index (Phi) is 10.2. The van der Waals surface area contributed by atoms with E-state index >= 15 is 0 Å². The first-order valence-corrected chi connectivity index (χ1v) is 13.1. The van der Waals surface area contributed by atoms with E-state index in [9.17, 15) is 19.5 Å². The van der Waals surface area contributed by atoms with E-state index in [0.717, 1.165) is 0 Å². The first-order valence-electron chi connectivity index (χ1n) is 7.34. The number of rotatable bonds is 11. The van der Waals surface area contributed by atoms with Gasteiger partial charge in [-0.2, -0.15) is 0 Å². The summed E-state index contributed by atoms with van der Waals surface area (Å²) in [7, 11) is 0. The summed E-state index contributed by atoms with van der Waals surface area (Å²) in [4.78, 5) is 33.0. The van der Waals surface area contributed by atoms with Crippen LogP contribution < -0.4 is 0 Å². The van der Waals surface area contributed by atoms with Crippen LogP contribution >= 0.6 is 26.3 Å². The van der Waals surface area contributed by atoms with Crippen LogP contribution in [0, 0.1) is 0 Å². The monoisotopic (exact) mass is 464 g/mol. The van der Waals surface area contributed by atoms with Crippen molar-refractivity contribution in [2.24, 2.45) is 0 Å². The Labute approximate surface area is 149 Å². The predicted molar refractivity (Wildman–Crippen MR) is 97.4 cm³/mol. The minimum atomic E-state index is -2.60. The van der Waals surface area contributed by atoms with Crippen LogP contribution in [0.5, 0.6) is 0 Å². The van der Waals surface area contributed by atoms with Gasteiger partial charge >= 0.3 is 150 Å². The maximum absolute atomic E-state index is 11.0. The molecule has 0 aliphatic heterocycles. The fraction of sp³-hybridized carbons (Fsp3) is 0.786. The van der Waals surface area contributed by atoms with Crippen LogP contribution in [0.4, 0.5) is 0 Å². The Bertz CT molecular complexity index is 374. The summed E-state index contributed by atoms with van der Waals surface area (Å²) in [6, 6.07) is 0. The second-order valence-corrected chi connectivity index (χ2v) is 19.1. The number of esters is 3. The molecule has 0 saturated carbocycles. The van der Waals surface area contributed by atoms with Gasteiger partial charge in [-0.1, -0.05) is 0 Å². The van der Waals surface area contributed by atoms with E-state index in [0.29, 0.717) is 24.6 Å². The second kappa shape index (κ2) is 10.4. The Morgan fingerprint density at radius 2 is 1.09 bits per heavy atom. The van der Waals surface area contributed by atoms with Gasteiger partial charge in [-0.15, -0.1) is 0 Å². The molecule has 23 heavy (non-hydrogen) atoms. The van der Waals surface area contributed by atoms with Gasteiger partial charge in [-0.3, -0.25) is 0 Å². The fourth-order valence-electron chi connectivity index (χ4n) is 2.17. The topological polar surface area (TPSA) is 99.1 Å². The molecule has 0 aromatic rings. The summed E-state index contributed by atoms with van der Waals surface area (Å²) in [6.07, 6.45) is 2.26. The van der Waals surface area contributed by atoms with Gasteiger partial charge < -0.3 is 0 Å². The zero-order valence-corrected chi connectivity index (χ0v) is 16.9. The average Bonchev–Trinajstić information content (AvgIpc) is 2.37.